The summed E-state index contributed by atoms with van der Waals surface area (Å²) in [7, 11) is 0. The van der Waals surface area contributed by atoms with Gasteiger partial charge in [-0.1, -0.05) is 6.92 Å². The van der Waals surface area contributed by atoms with Gasteiger partial charge in [0.1, 0.15) is 5.52 Å². The second-order valence-corrected chi connectivity index (χ2v) is 4.74. The molecule has 0 bridgehead atoms. The summed E-state index contributed by atoms with van der Waals surface area (Å²) in [5.41, 5.74) is 0.832. The lowest BCUT2D eigenvalue weighted by Crippen LogP contribution is -2.33. The molecular formula is C14H19N3O. The molecule has 0 unspecified atom stereocenters. The van der Waals surface area contributed by atoms with Crippen molar-refractivity contribution in [1.29, 1.82) is 0 Å². The van der Waals surface area contributed by atoms with Gasteiger partial charge in [-0.15, -0.1) is 0 Å². The number of aromatic nitrogens is 2. The number of hydrogen-bond donors (Lipinski definition) is 2. The lowest BCUT2D eigenvalue weighted by molar-refractivity contribution is 0.175. The zero-order chi connectivity index (χ0) is 16.1. The molecule has 0 saturated carbocycles. The minimum atomic E-state index is -1.73. The van der Waals surface area contributed by atoms with E-state index in [2.05, 4.69) is 9.97 Å². The molecule has 4 nitrogen and oxygen atoms in total. The van der Waals surface area contributed by atoms with Crippen LogP contribution in [0.1, 0.15) is 30.9 Å². The number of nitrogens with zero attached hydrogens (tertiary/aromatic N) is 1. The maximum Gasteiger partial charge on any atom is 0.272 e. The smallest absolute Gasteiger partial charge is 0.272 e. The van der Waals surface area contributed by atoms with Gasteiger partial charge >= 0.3 is 0 Å². The van der Waals surface area contributed by atoms with E-state index >= 15 is 0 Å². The summed E-state index contributed by atoms with van der Waals surface area (Å²) in [6, 6.07) is 3.54. The van der Waals surface area contributed by atoms with Gasteiger partial charge in [-0.3, -0.25) is 9.69 Å². The Bertz CT molecular complexity index is 752. The van der Waals surface area contributed by atoms with Gasteiger partial charge < -0.3 is 9.97 Å². The highest BCUT2D eigenvalue weighted by atomic mass is 16.1. The van der Waals surface area contributed by atoms with E-state index < -0.39 is 13.0 Å². The van der Waals surface area contributed by atoms with Crippen molar-refractivity contribution >= 4 is 10.9 Å². The van der Waals surface area contributed by atoms with E-state index in [1.54, 1.807) is 25.3 Å². The molecule has 1 aliphatic heterocycles. The second kappa shape index (κ2) is 4.61. The summed E-state index contributed by atoms with van der Waals surface area (Å²) in [5, 5.41) is 0.741. The van der Waals surface area contributed by atoms with E-state index in [1.165, 1.54) is 4.90 Å². The number of H-pyrrole nitrogens is 2. The van der Waals surface area contributed by atoms with Gasteiger partial charge in [0.15, 0.2) is 0 Å². The molecule has 3 rings (SSSR count). The summed E-state index contributed by atoms with van der Waals surface area (Å²) in [5.74, 6) is -0.246. The van der Waals surface area contributed by atoms with Gasteiger partial charge in [0, 0.05) is 35.8 Å². The highest BCUT2D eigenvalue weighted by Gasteiger charge is 2.17. The summed E-state index contributed by atoms with van der Waals surface area (Å²) in [6.07, 6.45) is 2.38. The highest BCUT2D eigenvalue weighted by Crippen LogP contribution is 2.19. The molecule has 0 aromatic carbocycles. The van der Waals surface area contributed by atoms with Crippen molar-refractivity contribution in [2.24, 2.45) is 5.92 Å². The van der Waals surface area contributed by atoms with Gasteiger partial charge in [0.25, 0.3) is 5.56 Å². The summed E-state index contributed by atoms with van der Waals surface area (Å²) < 4.78 is 32.7. The first-order valence-electron chi connectivity index (χ1n) is 8.19. The largest absolute Gasteiger partial charge is 0.353 e. The van der Waals surface area contributed by atoms with Gasteiger partial charge in [-0.25, -0.2) is 0 Å². The second-order valence-electron chi connectivity index (χ2n) is 4.74. The first kappa shape index (κ1) is 7.79. The van der Waals surface area contributed by atoms with Crippen molar-refractivity contribution in [1.82, 2.24) is 14.9 Å². The number of likely N-dealkylation sites (tertiary alicyclic amines) is 1. The first-order chi connectivity index (χ1) is 10.2. The molecule has 0 aliphatic carbocycles. The highest BCUT2D eigenvalue weighted by molar-refractivity contribution is 5.78. The quantitative estimate of drug-likeness (QED) is 0.856. The predicted molar refractivity (Wildman–Crippen MR) is 72.6 cm³/mol. The molecule has 1 saturated heterocycles. The number of hydrogen-bond acceptors (Lipinski definition) is 2. The lowest BCUT2D eigenvalue weighted by atomic mass is 10.0. The SMILES string of the molecule is [2H]C1([2H])CC[C@@H](C)C([2H])([2H])N1Cc1cc2cc[nH]c(=O)c2[nH]1. The van der Waals surface area contributed by atoms with Crippen LogP contribution in [0.3, 0.4) is 0 Å². The monoisotopic (exact) mass is 249 g/mol. The van der Waals surface area contributed by atoms with Crippen molar-refractivity contribution in [3.63, 3.8) is 0 Å². The van der Waals surface area contributed by atoms with Crippen molar-refractivity contribution < 1.29 is 5.48 Å². The molecule has 0 amide bonds. The van der Waals surface area contributed by atoms with Crippen LogP contribution in [0.15, 0.2) is 23.1 Å². The zero-order valence-electron chi connectivity index (χ0n) is 14.3. The van der Waals surface area contributed by atoms with Crippen LogP contribution in [-0.4, -0.2) is 27.9 Å². The average Bonchev–Trinajstić information content (AvgIpc) is 2.85. The van der Waals surface area contributed by atoms with Crippen LogP contribution in [-0.2, 0) is 6.54 Å². The van der Waals surface area contributed by atoms with E-state index in [0.717, 1.165) is 5.39 Å². The van der Waals surface area contributed by atoms with E-state index in [-0.39, 0.29) is 18.0 Å². The fourth-order valence-electron chi connectivity index (χ4n) is 2.28. The number of pyridine rings is 1. The molecule has 1 fully saturated rings. The van der Waals surface area contributed by atoms with Crippen LogP contribution in [0.2, 0.25) is 0 Å². The van der Waals surface area contributed by atoms with E-state index in [1.807, 2.05) is 0 Å². The molecule has 0 radical (unpaired) electrons. The fourth-order valence-corrected chi connectivity index (χ4v) is 2.28. The molecule has 2 aromatic rings. The third-order valence-corrected chi connectivity index (χ3v) is 3.19. The predicted octanol–water partition coefficient (Wildman–Crippen LogP) is 2.09. The first-order valence-corrected chi connectivity index (χ1v) is 6.19. The lowest BCUT2D eigenvalue weighted by Gasteiger charge is -2.30. The van der Waals surface area contributed by atoms with Crippen molar-refractivity contribution in [3.8, 4) is 0 Å². The van der Waals surface area contributed by atoms with Crippen LogP contribution in [0.4, 0.5) is 0 Å². The minimum absolute atomic E-state index is 0.0957. The fraction of sp³-hybridized carbons (Fsp3) is 0.500. The Morgan fingerprint density at radius 3 is 3.33 bits per heavy atom. The van der Waals surface area contributed by atoms with Gasteiger partial charge in [-0.05, 0) is 37.4 Å². The number of nitrogens with one attached hydrogen (secondary N) is 2. The van der Waals surface area contributed by atoms with Crippen LogP contribution in [0, 0.1) is 5.92 Å². The number of rotatable bonds is 2. The van der Waals surface area contributed by atoms with Crippen LogP contribution >= 0.6 is 0 Å². The molecular weight excluding hydrogens is 226 g/mol. The summed E-state index contributed by atoms with van der Waals surface area (Å²) >= 11 is 0. The van der Waals surface area contributed by atoms with Crippen LogP contribution in [0.25, 0.3) is 10.9 Å². The minimum Gasteiger partial charge on any atom is -0.353 e. The van der Waals surface area contributed by atoms with Crippen LogP contribution in [0.5, 0.6) is 0 Å². The van der Waals surface area contributed by atoms with Gasteiger partial charge in [0.05, 0.1) is 0 Å². The topological polar surface area (TPSA) is 51.9 Å². The summed E-state index contributed by atoms with van der Waals surface area (Å²) in [6.45, 7) is -1.54. The molecule has 96 valence electrons. The van der Waals surface area contributed by atoms with Gasteiger partial charge in [-0.2, -0.15) is 0 Å². The number of aromatic amines is 2. The molecule has 0 spiro atoms. The molecule has 3 heterocycles. The van der Waals surface area contributed by atoms with E-state index in [0.29, 0.717) is 24.1 Å². The Hall–Kier alpha value is -1.55. The maximum atomic E-state index is 11.7. The normalized spacial score (nSPS) is 30.4. The molecule has 1 aliphatic rings. The molecule has 2 N–H and O–H groups in total. The molecule has 2 aromatic heterocycles. The Morgan fingerprint density at radius 1 is 1.61 bits per heavy atom. The zero-order valence-corrected chi connectivity index (χ0v) is 10.3. The molecule has 4 heteroatoms. The molecule has 18 heavy (non-hydrogen) atoms. The van der Waals surface area contributed by atoms with Crippen molar-refractivity contribution in [3.05, 3.63) is 34.4 Å². The molecule has 1 atom stereocenters. The van der Waals surface area contributed by atoms with Crippen molar-refractivity contribution in [2.45, 2.75) is 26.3 Å². The Morgan fingerprint density at radius 2 is 2.50 bits per heavy atom. The standard InChI is InChI=1S/C14H19N3O/c1-10-3-2-6-17(8-10)9-12-7-11-4-5-15-14(18)13(11)16-12/h4-5,7,10,16H,2-3,6,8-9H2,1H3,(H,15,18)/t10-/m1/s1/i6D2,8D2. The number of fused-ring (bicyclic) bond motifs is 1. The summed E-state index contributed by atoms with van der Waals surface area (Å²) in [4.78, 5) is 18.6. The average molecular weight is 249 g/mol. The van der Waals surface area contributed by atoms with Crippen molar-refractivity contribution in [2.75, 3.05) is 13.0 Å². The third-order valence-electron chi connectivity index (χ3n) is 3.19. The Balaban J connectivity index is 1.98. The van der Waals surface area contributed by atoms with Gasteiger partial charge in [0.2, 0.25) is 0 Å². The third kappa shape index (κ3) is 2.20. The van der Waals surface area contributed by atoms with E-state index in [9.17, 15) is 4.79 Å². The Kier molecular flexibility index (Phi) is 2.00. The van der Waals surface area contributed by atoms with E-state index in [4.69, 9.17) is 5.48 Å². The van der Waals surface area contributed by atoms with Crippen LogP contribution < -0.4 is 5.56 Å². The Labute approximate surface area is 112 Å². The maximum absolute atomic E-state index is 11.7. The number of piperidine rings is 1.